The number of hydrogen-bond donors (Lipinski definition) is 3. The molecule has 1 aliphatic heterocycles. The van der Waals surface area contributed by atoms with Gasteiger partial charge in [0.1, 0.15) is 5.60 Å². The van der Waals surface area contributed by atoms with E-state index in [9.17, 15) is 24.6 Å². The van der Waals surface area contributed by atoms with Gasteiger partial charge >= 0.3 is 11.7 Å². The summed E-state index contributed by atoms with van der Waals surface area (Å²) in [6.07, 6.45) is 1.12. The van der Waals surface area contributed by atoms with Gasteiger partial charge in [-0.1, -0.05) is 24.3 Å². The van der Waals surface area contributed by atoms with E-state index < -0.39 is 28.8 Å². The van der Waals surface area contributed by atoms with E-state index in [1.807, 2.05) is 32.9 Å². The number of nitrogens with zero attached hydrogens (tertiary/aromatic N) is 1. The first-order valence-corrected chi connectivity index (χ1v) is 12.3. The van der Waals surface area contributed by atoms with Crippen LogP contribution in [0.5, 0.6) is 11.5 Å². The second-order valence-electron chi connectivity index (χ2n) is 10.3. The van der Waals surface area contributed by atoms with Crippen LogP contribution in [0.3, 0.4) is 0 Å². The summed E-state index contributed by atoms with van der Waals surface area (Å²) >= 11 is 0. The first-order valence-electron chi connectivity index (χ1n) is 12.3. The second kappa shape index (κ2) is 10.5. The number of benzene rings is 2. The SMILES string of the molecule is CC(C)(C)OC(=O)NCc1cccc(C2CCN(C(=O)Cc3cc(=O)oc4c(O)c(O)ccc34)CC2)c1. The molecule has 2 heterocycles. The van der Waals surface area contributed by atoms with Crippen molar-refractivity contribution in [2.75, 3.05) is 13.1 Å². The number of carbonyl (C=O) groups is 2. The Morgan fingerprint density at radius 3 is 2.54 bits per heavy atom. The van der Waals surface area contributed by atoms with Crippen LogP contribution in [0.4, 0.5) is 4.79 Å². The van der Waals surface area contributed by atoms with E-state index in [1.54, 1.807) is 4.90 Å². The molecule has 0 saturated carbocycles. The largest absolute Gasteiger partial charge is 0.504 e. The topological polar surface area (TPSA) is 129 Å². The number of nitrogens with one attached hydrogen (secondary N) is 1. The fraction of sp³-hybridized carbons (Fsp3) is 0.393. The molecule has 0 bridgehead atoms. The molecule has 0 atom stereocenters. The van der Waals surface area contributed by atoms with Crippen LogP contribution in [0.15, 0.2) is 51.7 Å². The van der Waals surface area contributed by atoms with Crippen LogP contribution in [0.1, 0.15) is 56.2 Å². The van der Waals surface area contributed by atoms with Gasteiger partial charge in [-0.3, -0.25) is 4.79 Å². The van der Waals surface area contributed by atoms with Crippen molar-refractivity contribution in [1.29, 1.82) is 0 Å². The number of likely N-dealkylation sites (tertiary alicyclic amines) is 1. The van der Waals surface area contributed by atoms with Crippen LogP contribution in [-0.2, 0) is 22.5 Å². The Kier molecular flexibility index (Phi) is 7.42. The predicted octanol–water partition coefficient (Wildman–Crippen LogP) is 4.18. The molecule has 0 unspecified atom stereocenters. The number of alkyl carbamates (subject to hydrolysis) is 1. The van der Waals surface area contributed by atoms with Crippen molar-refractivity contribution in [3.05, 3.63) is 69.6 Å². The van der Waals surface area contributed by atoms with Crippen molar-refractivity contribution in [3.63, 3.8) is 0 Å². The Hall–Kier alpha value is -4.01. The van der Waals surface area contributed by atoms with Gasteiger partial charge in [-0.15, -0.1) is 0 Å². The first-order chi connectivity index (χ1) is 17.5. The molecule has 1 fully saturated rings. The van der Waals surface area contributed by atoms with Crippen molar-refractivity contribution in [3.8, 4) is 11.5 Å². The summed E-state index contributed by atoms with van der Waals surface area (Å²) in [6.45, 7) is 6.98. The van der Waals surface area contributed by atoms with Gasteiger partial charge in [0, 0.05) is 31.1 Å². The quantitative estimate of drug-likeness (QED) is 0.348. The molecule has 0 aliphatic carbocycles. The lowest BCUT2D eigenvalue weighted by atomic mass is 9.88. The summed E-state index contributed by atoms with van der Waals surface area (Å²) < 4.78 is 10.3. The minimum Gasteiger partial charge on any atom is -0.504 e. The Labute approximate surface area is 214 Å². The highest BCUT2D eigenvalue weighted by atomic mass is 16.6. The molecule has 1 saturated heterocycles. The minimum absolute atomic E-state index is 0.0111. The molecule has 9 nitrogen and oxygen atoms in total. The van der Waals surface area contributed by atoms with Gasteiger partial charge in [-0.25, -0.2) is 9.59 Å². The second-order valence-corrected chi connectivity index (χ2v) is 10.3. The fourth-order valence-electron chi connectivity index (χ4n) is 4.60. The molecule has 2 aromatic carbocycles. The summed E-state index contributed by atoms with van der Waals surface area (Å²) in [5, 5.41) is 22.9. The van der Waals surface area contributed by atoms with E-state index in [0.717, 1.165) is 24.0 Å². The van der Waals surface area contributed by atoms with Gasteiger partial charge < -0.3 is 29.6 Å². The molecule has 4 rings (SSSR count). The Morgan fingerprint density at radius 1 is 1.11 bits per heavy atom. The summed E-state index contributed by atoms with van der Waals surface area (Å²) in [7, 11) is 0. The van der Waals surface area contributed by atoms with E-state index in [2.05, 4.69) is 17.4 Å². The summed E-state index contributed by atoms with van der Waals surface area (Å²) in [4.78, 5) is 38.8. The number of aromatic hydroxyl groups is 2. The maximum Gasteiger partial charge on any atom is 0.407 e. The highest BCUT2D eigenvalue weighted by Crippen LogP contribution is 2.34. The number of phenols is 2. The average Bonchev–Trinajstić information content (AvgIpc) is 2.84. The summed E-state index contributed by atoms with van der Waals surface area (Å²) in [6, 6.07) is 12.1. The lowest BCUT2D eigenvalue weighted by Crippen LogP contribution is -2.39. The molecule has 1 aromatic heterocycles. The monoisotopic (exact) mass is 508 g/mol. The number of amides is 2. The summed E-state index contributed by atoms with van der Waals surface area (Å²) in [5.74, 6) is -0.748. The van der Waals surface area contributed by atoms with Crippen LogP contribution in [0, 0.1) is 0 Å². The van der Waals surface area contributed by atoms with Crippen molar-refractivity contribution in [2.45, 2.75) is 58.1 Å². The zero-order valence-corrected chi connectivity index (χ0v) is 21.2. The molecule has 196 valence electrons. The zero-order valence-electron chi connectivity index (χ0n) is 21.2. The van der Waals surface area contributed by atoms with Gasteiger partial charge in [0.25, 0.3) is 0 Å². The van der Waals surface area contributed by atoms with Crippen LogP contribution in [0.2, 0.25) is 0 Å². The standard InChI is InChI=1S/C28H32N2O7/c1-28(2,3)37-27(35)29-16-17-5-4-6-19(13-17)18-9-11-30(12-10-18)23(32)14-20-15-24(33)36-26-21(20)7-8-22(31)25(26)34/h4-8,13,15,18,31,34H,9-12,14,16H2,1-3H3,(H,29,35). The minimum atomic E-state index is -0.698. The molecule has 0 spiro atoms. The Bertz CT molecular complexity index is 1370. The average molecular weight is 509 g/mol. The van der Waals surface area contributed by atoms with E-state index in [0.29, 0.717) is 30.6 Å². The third kappa shape index (κ3) is 6.41. The molecule has 37 heavy (non-hydrogen) atoms. The van der Waals surface area contributed by atoms with Crippen LogP contribution < -0.4 is 10.9 Å². The number of rotatable bonds is 5. The lowest BCUT2D eigenvalue weighted by molar-refractivity contribution is -0.131. The molecule has 3 N–H and O–H groups in total. The van der Waals surface area contributed by atoms with E-state index in [-0.39, 0.29) is 23.8 Å². The van der Waals surface area contributed by atoms with Crippen molar-refractivity contribution in [2.24, 2.45) is 0 Å². The molecular formula is C28H32N2O7. The molecule has 9 heteroatoms. The molecule has 3 aromatic rings. The lowest BCUT2D eigenvalue weighted by Gasteiger charge is -2.32. The van der Waals surface area contributed by atoms with Crippen molar-refractivity contribution >= 4 is 23.0 Å². The van der Waals surface area contributed by atoms with Crippen LogP contribution >= 0.6 is 0 Å². The molecule has 1 aliphatic rings. The van der Waals surface area contributed by atoms with E-state index in [1.165, 1.54) is 18.2 Å². The zero-order chi connectivity index (χ0) is 26.7. The highest BCUT2D eigenvalue weighted by molar-refractivity contribution is 5.91. The maximum absolute atomic E-state index is 13.0. The Morgan fingerprint density at radius 2 is 1.84 bits per heavy atom. The number of carbonyl (C=O) groups excluding carboxylic acids is 2. The molecule has 2 amide bonds. The number of piperidine rings is 1. The van der Waals surface area contributed by atoms with Gasteiger partial charge in [0.2, 0.25) is 11.7 Å². The van der Waals surface area contributed by atoms with Crippen LogP contribution in [0.25, 0.3) is 11.0 Å². The van der Waals surface area contributed by atoms with Gasteiger partial charge in [0.15, 0.2) is 11.3 Å². The smallest absolute Gasteiger partial charge is 0.407 e. The fourth-order valence-corrected chi connectivity index (χ4v) is 4.60. The van der Waals surface area contributed by atoms with Crippen LogP contribution in [-0.4, -0.2) is 45.8 Å². The van der Waals surface area contributed by atoms with E-state index in [4.69, 9.17) is 9.15 Å². The molecular weight excluding hydrogens is 476 g/mol. The highest BCUT2D eigenvalue weighted by Gasteiger charge is 2.25. The summed E-state index contributed by atoms with van der Waals surface area (Å²) in [5.41, 5.74) is 1.20. The predicted molar refractivity (Wildman–Crippen MR) is 138 cm³/mol. The van der Waals surface area contributed by atoms with E-state index >= 15 is 0 Å². The van der Waals surface area contributed by atoms with Crippen molar-refractivity contribution < 1.29 is 29.0 Å². The first kappa shape index (κ1) is 26.1. The van der Waals surface area contributed by atoms with Gasteiger partial charge in [-0.2, -0.15) is 0 Å². The van der Waals surface area contributed by atoms with Gasteiger partial charge in [0.05, 0.1) is 6.42 Å². The molecule has 0 radical (unpaired) electrons. The van der Waals surface area contributed by atoms with Crippen molar-refractivity contribution in [1.82, 2.24) is 10.2 Å². The number of fused-ring (bicyclic) bond motifs is 1. The number of ether oxygens (including phenoxy) is 1. The normalized spacial score (nSPS) is 14.5. The third-order valence-electron chi connectivity index (χ3n) is 6.40. The Balaban J connectivity index is 1.36. The number of phenolic OH excluding ortho intramolecular Hbond substituents is 2. The number of hydrogen-bond acceptors (Lipinski definition) is 7. The van der Waals surface area contributed by atoms with Gasteiger partial charge in [-0.05, 0) is 68.4 Å². The third-order valence-corrected chi connectivity index (χ3v) is 6.40. The maximum atomic E-state index is 13.0.